The third-order valence-electron chi connectivity index (χ3n) is 2.42. The molecule has 0 saturated heterocycles. The lowest BCUT2D eigenvalue weighted by Gasteiger charge is -2.09. The summed E-state index contributed by atoms with van der Waals surface area (Å²) in [7, 11) is 0. The molecule has 0 aliphatic carbocycles. The second-order valence-electron chi connectivity index (χ2n) is 3.62. The largest absolute Gasteiger partial charge is 0.207 e. The number of aromatic amines is 1. The monoisotopic (exact) mass is 205 g/mol. The average molecular weight is 205 g/mol. The molecule has 3 nitrogen and oxygen atoms in total. The van der Waals surface area contributed by atoms with Crippen LogP contribution in [0.15, 0.2) is 30.5 Å². The predicted octanol–water partition coefficient (Wildman–Crippen LogP) is 2.29. The van der Waals surface area contributed by atoms with Crippen LogP contribution in [0, 0.1) is 5.82 Å². The van der Waals surface area contributed by atoms with Crippen LogP contribution in [-0.2, 0) is 6.42 Å². The molecule has 1 N–H and O–H groups in total. The summed E-state index contributed by atoms with van der Waals surface area (Å²) in [4.78, 5) is 0. The maximum absolute atomic E-state index is 12.7. The van der Waals surface area contributed by atoms with Gasteiger partial charge in [0.1, 0.15) is 5.82 Å². The van der Waals surface area contributed by atoms with Crippen LogP contribution >= 0.6 is 0 Å². The second kappa shape index (κ2) is 4.21. The first-order valence-electron chi connectivity index (χ1n) is 4.86. The number of nitrogens with zero attached hydrogens (tertiary/aromatic N) is 2. The van der Waals surface area contributed by atoms with Crippen molar-refractivity contribution in [2.75, 3.05) is 0 Å². The highest BCUT2D eigenvalue weighted by molar-refractivity contribution is 5.21. The van der Waals surface area contributed by atoms with Crippen molar-refractivity contribution in [3.63, 3.8) is 0 Å². The molecular weight excluding hydrogens is 193 g/mol. The number of hydrogen-bond acceptors (Lipinski definition) is 2. The molecule has 1 aromatic heterocycles. The van der Waals surface area contributed by atoms with E-state index in [4.69, 9.17) is 0 Å². The molecule has 0 radical (unpaired) electrons. The topological polar surface area (TPSA) is 41.6 Å². The van der Waals surface area contributed by atoms with Gasteiger partial charge in [0.15, 0.2) is 0 Å². The van der Waals surface area contributed by atoms with Crippen LogP contribution < -0.4 is 0 Å². The van der Waals surface area contributed by atoms with Crippen molar-refractivity contribution >= 4 is 0 Å². The van der Waals surface area contributed by atoms with E-state index in [1.165, 1.54) is 12.1 Å². The average Bonchev–Trinajstić information content (AvgIpc) is 2.71. The minimum atomic E-state index is -0.201. The minimum Gasteiger partial charge on any atom is -0.207 e. The number of nitrogens with one attached hydrogen (secondary N) is 1. The van der Waals surface area contributed by atoms with E-state index in [1.807, 2.05) is 0 Å². The van der Waals surface area contributed by atoms with Gasteiger partial charge in [-0.1, -0.05) is 19.1 Å². The molecule has 0 saturated carbocycles. The van der Waals surface area contributed by atoms with Crippen LogP contribution in [0.1, 0.15) is 24.1 Å². The lowest BCUT2D eigenvalue weighted by molar-refractivity contribution is 0.625. The Kier molecular flexibility index (Phi) is 2.76. The first-order valence-corrected chi connectivity index (χ1v) is 4.86. The van der Waals surface area contributed by atoms with Gasteiger partial charge in [0.25, 0.3) is 0 Å². The van der Waals surface area contributed by atoms with Gasteiger partial charge < -0.3 is 0 Å². The van der Waals surface area contributed by atoms with E-state index in [9.17, 15) is 4.39 Å². The van der Waals surface area contributed by atoms with Crippen LogP contribution in [-0.4, -0.2) is 15.4 Å². The molecule has 78 valence electrons. The van der Waals surface area contributed by atoms with Crippen molar-refractivity contribution in [2.45, 2.75) is 19.3 Å². The number of aromatic nitrogens is 3. The molecule has 1 heterocycles. The smallest absolute Gasteiger partial charge is 0.123 e. The first kappa shape index (κ1) is 9.83. The van der Waals surface area contributed by atoms with Crippen LogP contribution in [0.2, 0.25) is 0 Å². The zero-order valence-electron chi connectivity index (χ0n) is 8.44. The maximum Gasteiger partial charge on any atom is 0.123 e. The van der Waals surface area contributed by atoms with Crippen molar-refractivity contribution < 1.29 is 4.39 Å². The summed E-state index contributed by atoms with van der Waals surface area (Å²) >= 11 is 0. The highest BCUT2D eigenvalue weighted by Gasteiger charge is 2.08. The number of H-pyrrole nitrogens is 1. The van der Waals surface area contributed by atoms with Gasteiger partial charge in [-0.25, -0.2) is 4.39 Å². The molecule has 0 amide bonds. The van der Waals surface area contributed by atoms with Crippen molar-refractivity contribution in [1.29, 1.82) is 0 Å². The Morgan fingerprint density at radius 2 is 2.07 bits per heavy atom. The van der Waals surface area contributed by atoms with Gasteiger partial charge in [-0.2, -0.15) is 15.4 Å². The van der Waals surface area contributed by atoms with Crippen molar-refractivity contribution in [1.82, 2.24) is 15.4 Å². The van der Waals surface area contributed by atoms with E-state index < -0.39 is 0 Å². The zero-order valence-corrected chi connectivity index (χ0v) is 8.44. The standard InChI is InChI=1S/C11H12FN3/c1-8(6-11-7-13-15-14-11)9-2-4-10(12)5-3-9/h2-5,7-8H,6H2,1H3,(H,13,14,15). The van der Waals surface area contributed by atoms with E-state index in [2.05, 4.69) is 22.3 Å². The van der Waals surface area contributed by atoms with E-state index >= 15 is 0 Å². The summed E-state index contributed by atoms with van der Waals surface area (Å²) in [6.45, 7) is 2.09. The molecule has 1 atom stereocenters. The molecule has 0 fully saturated rings. The molecule has 15 heavy (non-hydrogen) atoms. The van der Waals surface area contributed by atoms with Crippen LogP contribution in [0.3, 0.4) is 0 Å². The Labute approximate surface area is 87.3 Å². The first-order chi connectivity index (χ1) is 7.25. The van der Waals surface area contributed by atoms with Crippen LogP contribution in [0.25, 0.3) is 0 Å². The summed E-state index contributed by atoms with van der Waals surface area (Å²) in [5, 5.41) is 10.3. The van der Waals surface area contributed by atoms with Gasteiger partial charge in [0, 0.05) is 0 Å². The summed E-state index contributed by atoms with van der Waals surface area (Å²) in [5.74, 6) is 0.114. The van der Waals surface area contributed by atoms with Crippen molar-refractivity contribution in [2.24, 2.45) is 0 Å². The molecule has 1 unspecified atom stereocenters. The highest BCUT2D eigenvalue weighted by Crippen LogP contribution is 2.19. The lowest BCUT2D eigenvalue weighted by atomic mass is 9.97. The predicted molar refractivity (Wildman–Crippen MR) is 54.9 cm³/mol. The fourth-order valence-corrected chi connectivity index (χ4v) is 1.55. The van der Waals surface area contributed by atoms with Gasteiger partial charge in [-0.15, -0.1) is 0 Å². The molecule has 4 heteroatoms. The molecule has 2 rings (SSSR count). The highest BCUT2D eigenvalue weighted by atomic mass is 19.1. The Balaban J connectivity index is 2.08. The SMILES string of the molecule is CC(Cc1cn[nH]n1)c1ccc(F)cc1. The van der Waals surface area contributed by atoms with Crippen molar-refractivity contribution in [3.8, 4) is 0 Å². The van der Waals surface area contributed by atoms with Crippen LogP contribution in [0.5, 0.6) is 0 Å². The second-order valence-corrected chi connectivity index (χ2v) is 3.62. The van der Waals surface area contributed by atoms with Gasteiger partial charge in [0.2, 0.25) is 0 Å². The number of rotatable bonds is 3. The van der Waals surface area contributed by atoms with E-state index in [-0.39, 0.29) is 5.82 Å². The molecule has 0 aliphatic heterocycles. The Bertz CT molecular complexity index is 408. The number of hydrogen-bond donors (Lipinski definition) is 1. The summed E-state index contributed by atoms with van der Waals surface area (Å²) in [5.41, 5.74) is 2.03. The van der Waals surface area contributed by atoms with Gasteiger partial charge in [0.05, 0.1) is 11.9 Å². The summed E-state index contributed by atoms with van der Waals surface area (Å²) in [6, 6.07) is 6.57. The van der Waals surface area contributed by atoms with Crippen molar-refractivity contribution in [3.05, 3.63) is 47.5 Å². The van der Waals surface area contributed by atoms with Gasteiger partial charge in [-0.05, 0) is 30.0 Å². The fraction of sp³-hybridized carbons (Fsp3) is 0.273. The molecule has 0 spiro atoms. The fourth-order valence-electron chi connectivity index (χ4n) is 1.55. The minimum absolute atomic E-state index is 0.201. The maximum atomic E-state index is 12.7. The summed E-state index contributed by atoms with van der Waals surface area (Å²) in [6.07, 6.45) is 2.52. The van der Waals surface area contributed by atoms with E-state index in [0.29, 0.717) is 5.92 Å². The van der Waals surface area contributed by atoms with Crippen LogP contribution in [0.4, 0.5) is 4.39 Å². The Morgan fingerprint density at radius 1 is 1.33 bits per heavy atom. The number of benzene rings is 1. The normalized spacial score (nSPS) is 12.7. The molecule has 2 aromatic rings. The number of halogens is 1. The quantitative estimate of drug-likeness (QED) is 0.835. The third-order valence-corrected chi connectivity index (χ3v) is 2.42. The lowest BCUT2D eigenvalue weighted by Crippen LogP contribution is -1.98. The van der Waals surface area contributed by atoms with Gasteiger partial charge >= 0.3 is 0 Å². The Morgan fingerprint density at radius 3 is 2.67 bits per heavy atom. The molecule has 0 bridgehead atoms. The van der Waals surface area contributed by atoms with E-state index in [1.54, 1.807) is 18.3 Å². The Hall–Kier alpha value is -1.71. The zero-order chi connectivity index (χ0) is 10.7. The van der Waals surface area contributed by atoms with E-state index in [0.717, 1.165) is 17.7 Å². The molecular formula is C11H12FN3. The summed E-state index contributed by atoms with van der Waals surface area (Å²) < 4.78 is 12.7. The third kappa shape index (κ3) is 2.40. The molecule has 1 aromatic carbocycles. The van der Waals surface area contributed by atoms with Gasteiger partial charge in [-0.3, -0.25) is 0 Å². The molecule has 0 aliphatic rings.